The highest BCUT2D eigenvalue weighted by molar-refractivity contribution is 9.09. The summed E-state index contributed by atoms with van der Waals surface area (Å²) in [6.07, 6.45) is 0. The normalized spacial score (nSPS) is 21.3. The summed E-state index contributed by atoms with van der Waals surface area (Å²) in [6, 6.07) is 6.26. The van der Waals surface area contributed by atoms with Gasteiger partial charge in [-0.05, 0) is 24.3 Å². The van der Waals surface area contributed by atoms with E-state index in [2.05, 4.69) is 15.9 Å². The number of halogens is 1. The van der Waals surface area contributed by atoms with Crippen LogP contribution in [0.15, 0.2) is 29.2 Å². The summed E-state index contributed by atoms with van der Waals surface area (Å²) in [5.41, 5.74) is 0. The van der Waals surface area contributed by atoms with Gasteiger partial charge in [0.2, 0.25) is 10.0 Å². The lowest BCUT2D eigenvalue weighted by Crippen LogP contribution is -2.49. The van der Waals surface area contributed by atoms with Gasteiger partial charge in [-0.3, -0.25) is 0 Å². The maximum Gasteiger partial charge on any atom is 0.243 e. The van der Waals surface area contributed by atoms with Gasteiger partial charge in [-0.15, -0.1) is 0 Å². The van der Waals surface area contributed by atoms with Crippen molar-refractivity contribution in [3.63, 3.8) is 0 Å². The molecule has 0 N–H and O–H groups in total. The van der Waals surface area contributed by atoms with Crippen LogP contribution in [0.1, 0.15) is 0 Å². The van der Waals surface area contributed by atoms with E-state index in [0.29, 0.717) is 30.8 Å². The van der Waals surface area contributed by atoms with Gasteiger partial charge >= 0.3 is 0 Å². The Morgan fingerprint density at radius 3 is 2.68 bits per heavy atom. The fourth-order valence-corrected chi connectivity index (χ4v) is 4.28. The average molecular weight is 350 g/mol. The maximum atomic E-state index is 12.6. The van der Waals surface area contributed by atoms with Gasteiger partial charge in [0.15, 0.2) is 0 Å². The van der Waals surface area contributed by atoms with Gasteiger partial charge in [-0.1, -0.05) is 15.9 Å². The van der Waals surface area contributed by atoms with E-state index < -0.39 is 10.0 Å². The minimum atomic E-state index is -3.48. The van der Waals surface area contributed by atoms with Gasteiger partial charge in [0.25, 0.3) is 0 Å². The number of nitrogens with zero attached hydrogens (tertiary/aromatic N) is 1. The van der Waals surface area contributed by atoms with Crippen molar-refractivity contribution < 1.29 is 17.9 Å². The third-order valence-electron chi connectivity index (χ3n) is 3.02. The topological polar surface area (TPSA) is 55.8 Å². The second-order valence-electron chi connectivity index (χ2n) is 4.17. The number of hydrogen-bond acceptors (Lipinski definition) is 4. The van der Waals surface area contributed by atoms with Crippen LogP contribution in [-0.2, 0) is 14.8 Å². The summed E-state index contributed by atoms with van der Waals surface area (Å²) in [7, 11) is -1.93. The van der Waals surface area contributed by atoms with Gasteiger partial charge in [-0.25, -0.2) is 8.42 Å². The number of ether oxygens (including phenoxy) is 2. The van der Waals surface area contributed by atoms with E-state index in [1.807, 2.05) is 0 Å². The molecular formula is C12H16BrNO4S. The molecular weight excluding hydrogens is 334 g/mol. The fourth-order valence-electron chi connectivity index (χ4n) is 1.96. The van der Waals surface area contributed by atoms with Gasteiger partial charge in [0.1, 0.15) is 5.75 Å². The Morgan fingerprint density at radius 2 is 2.11 bits per heavy atom. The van der Waals surface area contributed by atoms with Crippen LogP contribution >= 0.6 is 15.9 Å². The summed E-state index contributed by atoms with van der Waals surface area (Å²) < 4.78 is 37.0. The van der Waals surface area contributed by atoms with Crippen LogP contribution < -0.4 is 4.74 Å². The molecule has 1 fully saturated rings. The van der Waals surface area contributed by atoms with Crippen molar-refractivity contribution in [1.29, 1.82) is 0 Å². The van der Waals surface area contributed by atoms with Crippen molar-refractivity contribution in [1.82, 2.24) is 4.31 Å². The van der Waals surface area contributed by atoms with E-state index in [-0.39, 0.29) is 10.9 Å². The van der Waals surface area contributed by atoms with Crippen LogP contribution in [0.25, 0.3) is 0 Å². The summed E-state index contributed by atoms with van der Waals surface area (Å²) >= 11 is 3.33. The molecule has 1 aliphatic rings. The first-order valence-corrected chi connectivity index (χ1v) is 8.45. The Morgan fingerprint density at radius 1 is 1.42 bits per heavy atom. The second-order valence-corrected chi connectivity index (χ2v) is 6.71. The molecule has 0 aliphatic carbocycles. The van der Waals surface area contributed by atoms with E-state index in [0.717, 1.165) is 0 Å². The summed E-state index contributed by atoms with van der Waals surface area (Å²) in [4.78, 5) is 0.279. The van der Waals surface area contributed by atoms with Crippen LogP contribution in [0.3, 0.4) is 0 Å². The van der Waals surface area contributed by atoms with Crippen LogP contribution in [0.4, 0.5) is 0 Å². The Kier molecular flexibility index (Phi) is 4.83. The lowest BCUT2D eigenvalue weighted by atomic mass is 10.3. The number of sulfonamides is 1. The third-order valence-corrected chi connectivity index (χ3v) is 5.73. The van der Waals surface area contributed by atoms with Crippen molar-refractivity contribution in [3.05, 3.63) is 24.3 Å². The largest absolute Gasteiger partial charge is 0.497 e. The second kappa shape index (κ2) is 6.21. The first-order valence-electron chi connectivity index (χ1n) is 5.89. The number of hydrogen-bond donors (Lipinski definition) is 0. The Hall–Kier alpha value is -0.630. The van der Waals surface area contributed by atoms with E-state index >= 15 is 0 Å². The molecule has 0 saturated carbocycles. The molecule has 1 aromatic rings. The first-order chi connectivity index (χ1) is 9.09. The van der Waals surface area contributed by atoms with Crippen molar-refractivity contribution in [2.75, 3.05) is 32.2 Å². The standard InChI is InChI=1S/C12H16BrNO4S/c1-17-11-2-4-12(5-3-11)19(15,16)14-6-7-18-9-10(14)8-13/h2-5,10H,6-9H2,1H3. The Labute approximate surface area is 121 Å². The molecule has 1 heterocycles. The van der Waals surface area contributed by atoms with E-state index in [4.69, 9.17) is 9.47 Å². The molecule has 1 aliphatic heterocycles. The van der Waals surface area contributed by atoms with Crippen molar-refractivity contribution in [2.24, 2.45) is 0 Å². The fraction of sp³-hybridized carbons (Fsp3) is 0.500. The zero-order valence-corrected chi connectivity index (χ0v) is 13.0. The highest BCUT2D eigenvalue weighted by Gasteiger charge is 2.33. The van der Waals surface area contributed by atoms with Crippen molar-refractivity contribution in [2.45, 2.75) is 10.9 Å². The predicted octanol–water partition coefficient (Wildman–Crippen LogP) is 1.48. The van der Waals surface area contributed by atoms with Crippen LogP contribution in [0.5, 0.6) is 5.75 Å². The number of rotatable bonds is 4. The molecule has 1 atom stereocenters. The van der Waals surface area contributed by atoms with Gasteiger partial charge in [0.05, 0.1) is 31.3 Å². The van der Waals surface area contributed by atoms with Gasteiger partial charge < -0.3 is 9.47 Å². The van der Waals surface area contributed by atoms with Crippen LogP contribution in [0.2, 0.25) is 0 Å². The van der Waals surface area contributed by atoms with Crippen LogP contribution in [-0.4, -0.2) is 51.0 Å². The summed E-state index contributed by atoms with van der Waals surface area (Å²) in [6.45, 7) is 1.23. The number of methoxy groups -OCH3 is 1. The zero-order chi connectivity index (χ0) is 13.9. The quantitative estimate of drug-likeness (QED) is 0.772. The third kappa shape index (κ3) is 3.10. The molecule has 0 radical (unpaired) electrons. The molecule has 5 nitrogen and oxygen atoms in total. The molecule has 1 saturated heterocycles. The molecule has 1 aromatic carbocycles. The summed E-state index contributed by atoms with van der Waals surface area (Å²) in [5, 5.41) is 0.558. The Bertz CT molecular complexity index is 517. The molecule has 0 spiro atoms. The minimum absolute atomic E-state index is 0.166. The summed E-state index contributed by atoms with van der Waals surface area (Å²) in [5.74, 6) is 0.637. The zero-order valence-electron chi connectivity index (χ0n) is 10.6. The molecule has 0 aromatic heterocycles. The number of benzene rings is 1. The minimum Gasteiger partial charge on any atom is -0.497 e. The van der Waals surface area contributed by atoms with E-state index in [9.17, 15) is 8.42 Å². The number of alkyl halides is 1. The number of morpholine rings is 1. The van der Waals surface area contributed by atoms with Crippen molar-refractivity contribution >= 4 is 26.0 Å². The SMILES string of the molecule is COc1ccc(S(=O)(=O)N2CCOCC2CBr)cc1. The van der Waals surface area contributed by atoms with E-state index in [1.54, 1.807) is 31.4 Å². The molecule has 0 amide bonds. The smallest absolute Gasteiger partial charge is 0.243 e. The van der Waals surface area contributed by atoms with Crippen molar-refractivity contribution in [3.8, 4) is 5.75 Å². The molecule has 0 bridgehead atoms. The van der Waals surface area contributed by atoms with Gasteiger partial charge in [-0.2, -0.15) is 4.31 Å². The molecule has 2 rings (SSSR count). The van der Waals surface area contributed by atoms with Crippen LogP contribution in [0, 0.1) is 0 Å². The molecule has 7 heteroatoms. The molecule has 19 heavy (non-hydrogen) atoms. The first kappa shape index (κ1) is 14.8. The highest BCUT2D eigenvalue weighted by atomic mass is 79.9. The lowest BCUT2D eigenvalue weighted by molar-refractivity contribution is 0.0413. The molecule has 1 unspecified atom stereocenters. The average Bonchev–Trinajstić information content (AvgIpc) is 2.47. The lowest BCUT2D eigenvalue weighted by Gasteiger charge is -2.33. The van der Waals surface area contributed by atoms with Gasteiger partial charge in [0, 0.05) is 11.9 Å². The highest BCUT2D eigenvalue weighted by Crippen LogP contribution is 2.23. The Balaban J connectivity index is 2.29. The monoisotopic (exact) mass is 349 g/mol. The molecule has 106 valence electrons. The predicted molar refractivity (Wildman–Crippen MR) is 75.3 cm³/mol. The maximum absolute atomic E-state index is 12.6. The van der Waals surface area contributed by atoms with E-state index in [1.165, 1.54) is 4.31 Å².